The predicted octanol–water partition coefficient (Wildman–Crippen LogP) is 2.85. The maximum absolute atomic E-state index is 5.82. The predicted molar refractivity (Wildman–Crippen MR) is 70.6 cm³/mol. The van der Waals surface area contributed by atoms with Crippen molar-refractivity contribution in [2.24, 2.45) is 16.6 Å². The maximum atomic E-state index is 5.82. The van der Waals surface area contributed by atoms with Crippen LogP contribution in [0.3, 0.4) is 0 Å². The highest BCUT2D eigenvalue weighted by molar-refractivity contribution is 5.92. The fourth-order valence-corrected chi connectivity index (χ4v) is 1.67. The molecule has 3 heteroatoms. The third-order valence-corrected chi connectivity index (χ3v) is 2.22. The number of nitrogens with two attached hydrogens (primary N) is 1. The van der Waals surface area contributed by atoms with Crippen LogP contribution in [0.15, 0.2) is 35.3 Å². The van der Waals surface area contributed by atoms with Crippen LogP contribution >= 0.6 is 0 Å². The van der Waals surface area contributed by atoms with Crippen molar-refractivity contribution < 1.29 is 0 Å². The number of rotatable bonds is 4. The first-order valence-corrected chi connectivity index (χ1v) is 5.73. The van der Waals surface area contributed by atoms with Crippen LogP contribution in [0.4, 0.5) is 5.69 Å². The molecule has 0 heterocycles. The Bertz CT molecular complexity index is 330. The molecule has 1 aromatic rings. The van der Waals surface area contributed by atoms with Gasteiger partial charge in [-0.2, -0.15) is 0 Å². The van der Waals surface area contributed by atoms with Crippen molar-refractivity contribution in [2.75, 3.05) is 5.32 Å². The summed E-state index contributed by atoms with van der Waals surface area (Å²) in [5, 5.41) is 3.07. The van der Waals surface area contributed by atoms with E-state index in [0.717, 1.165) is 12.1 Å². The summed E-state index contributed by atoms with van der Waals surface area (Å²) in [7, 11) is 0. The van der Waals surface area contributed by atoms with Crippen molar-refractivity contribution in [3.8, 4) is 0 Å². The molecular formula is C13H21N3. The minimum atomic E-state index is 0.260. The number of nitrogens with zero attached hydrogens (tertiary/aromatic N) is 1. The second-order valence-electron chi connectivity index (χ2n) is 4.48. The lowest BCUT2D eigenvalue weighted by Gasteiger charge is -2.11. The fourth-order valence-electron chi connectivity index (χ4n) is 1.67. The van der Waals surface area contributed by atoms with E-state index in [9.17, 15) is 0 Å². The van der Waals surface area contributed by atoms with Gasteiger partial charge in [0.05, 0.1) is 6.04 Å². The van der Waals surface area contributed by atoms with Gasteiger partial charge in [0.2, 0.25) is 0 Å². The lowest BCUT2D eigenvalue weighted by atomic mass is 10.1. The minimum Gasteiger partial charge on any atom is -0.370 e. The summed E-state index contributed by atoms with van der Waals surface area (Å²) < 4.78 is 0. The van der Waals surface area contributed by atoms with E-state index in [-0.39, 0.29) is 6.04 Å². The Morgan fingerprint density at radius 1 is 1.25 bits per heavy atom. The highest BCUT2D eigenvalue weighted by atomic mass is 15.1. The summed E-state index contributed by atoms with van der Waals surface area (Å²) in [5.41, 5.74) is 6.79. The molecule has 0 saturated heterocycles. The molecule has 0 amide bonds. The molecule has 1 atom stereocenters. The Hall–Kier alpha value is -1.51. The molecule has 0 aliphatic rings. The zero-order valence-electron chi connectivity index (χ0n) is 10.3. The van der Waals surface area contributed by atoms with Gasteiger partial charge in [-0.3, -0.25) is 4.99 Å². The zero-order valence-corrected chi connectivity index (χ0v) is 10.3. The van der Waals surface area contributed by atoms with Crippen LogP contribution in [-0.4, -0.2) is 12.0 Å². The van der Waals surface area contributed by atoms with Crippen LogP contribution in [0, 0.1) is 5.92 Å². The van der Waals surface area contributed by atoms with E-state index in [1.807, 2.05) is 30.3 Å². The zero-order chi connectivity index (χ0) is 12.0. The maximum Gasteiger partial charge on any atom is 0.193 e. The Kier molecular flexibility index (Phi) is 4.83. The van der Waals surface area contributed by atoms with Crippen LogP contribution in [0.1, 0.15) is 27.2 Å². The summed E-state index contributed by atoms with van der Waals surface area (Å²) in [6.45, 7) is 6.46. The van der Waals surface area contributed by atoms with Crippen molar-refractivity contribution in [1.82, 2.24) is 0 Å². The van der Waals surface area contributed by atoms with Gasteiger partial charge in [0.25, 0.3) is 0 Å². The van der Waals surface area contributed by atoms with Gasteiger partial charge in [0, 0.05) is 5.69 Å². The second-order valence-corrected chi connectivity index (χ2v) is 4.48. The van der Waals surface area contributed by atoms with Gasteiger partial charge in [-0.25, -0.2) is 0 Å². The molecule has 0 bridgehead atoms. The molecule has 0 aliphatic carbocycles. The van der Waals surface area contributed by atoms with Crippen molar-refractivity contribution in [1.29, 1.82) is 0 Å². The second kappa shape index (κ2) is 6.16. The Morgan fingerprint density at radius 2 is 1.88 bits per heavy atom. The topological polar surface area (TPSA) is 50.4 Å². The van der Waals surface area contributed by atoms with E-state index in [2.05, 4.69) is 31.1 Å². The minimum absolute atomic E-state index is 0.260. The van der Waals surface area contributed by atoms with Gasteiger partial charge in [-0.15, -0.1) is 0 Å². The summed E-state index contributed by atoms with van der Waals surface area (Å²) >= 11 is 0. The largest absolute Gasteiger partial charge is 0.370 e. The third kappa shape index (κ3) is 4.82. The number of para-hydroxylation sites is 1. The molecule has 0 aromatic heterocycles. The SMILES string of the molecule is CC(C)CC(C)N=C(N)Nc1ccccc1. The Morgan fingerprint density at radius 3 is 2.44 bits per heavy atom. The first-order valence-electron chi connectivity index (χ1n) is 5.73. The van der Waals surface area contributed by atoms with Gasteiger partial charge < -0.3 is 11.1 Å². The van der Waals surface area contributed by atoms with Crippen molar-refractivity contribution in [2.45, 2.75) is 33.2 Å². The molecule has 1 rings (SSSR count). The van der Waals surface area contributed by atoms with Crippen LogP contribution < -0.4 is 11.1 Å². The number of benzene rings is 1. The third-order valence-electron chi connectivity index (χ3n) is 2.22. The van der Waals surface area contributed by atoms with E-state index < -0.39 is 0 Å². The van der Waals surface area contributed by atoms with Crippen LogP contribution in [0.2, 0.25) is 0 Å². The van der Waals surface area contributed by atoms with Crippen molar-refractivity contribution in [3.63, 3.8) is 0 Å². The number of guanidine groups is 1. The number of anilines is 1. The quantitative estimate of drug-likeness (QED) is 0.604. The molecule has 0 spiro atoms. The normalized spacial score (nSPS) is 13.9. The number of aliphatic imine (C=N–C) groups is 1. The number of hydrogen-bond donors (Lipinski definition) is 2. The van der Waals surface area contributed by atoms with Crippen molar-refractivity contribution >= 4 is 11.6 Å². The summed E-state index contributed by atoms with van der Waals surface area (Å²) in [5.74, 6) is 1.13. The molecule has 0 aliphatic heterocycles. The van der Waals surface area contributed by atoms with Gasteiger partial charge in [0.1, 0.15) is 0 Å². The lowest BCUT2D eigenvalue weighted by Crippen LogP contribution is -2.24. The number of nitrogens with one attached hydrogen (secondary N) is 1. The Balaban J connectivity index is 2.51. The lowest BCUT2D eigenvalue weighted by molar-refractivity contribution is 0.521. The van der Waals surface area contributed by atoms with E-state index in [1.54, 1.807) is 0 Å². The molecule has 16 heavy (non-hydrogen) atoms. The molecule has 3 nitrogen and oxygen atoms in total. The summed E-state index contributed by atoms with van der Waals surface area (Å²) in [4.78, 5) is 4.40. The van der Waals surface area contributed by atoms with Gasteiger partial charge in [0.15, 0.2) is 5.96 Å². The molecule has 1 unspecified atom stereocenters. The highest BCUT2D eigenvalue weighted by Gasteiger charge is 2.03. The van der Waals surface area contributed by atoms with Gasteiger partial charge in [-0.1, -0.05) is 32.0 Å². The highest BCUT2D eigenvalue weighted by Crippen LogP contribution is 2.08. The number of hydrogen-bond acceptors (Lipinski definition) is 1. The average molecular weight is 219 g/mol. The average Bonchev–Trinajstić information content (AvgIpc) is 2.17. The van der Waals surface area contributed by atoms with Gasteiger partial charge >= 0.3 is 0 Å². The van der Waals surface area contributed by atoms with Crippen LogP contribution in [0.5, 0.6) is 0 Å². The summed E-state index contributed by atoms with van der Waals surface area (Å²) in [6.07, 6.45) is 1.05. The Labute approximate surface area is 97.8 Å². The molecular weight excluding hydrogens is 198 g/mol. The van der Waals surface area contributed by atoms with E-state index in [4.69, 9.17) is 5.73 Å². The summed E-state index contributed by atoms with van der Waals surface area (Å²) in [6, 6.07) is 10.1. The molecule has 3 N–H and O–H groups in total. The van der Waals surface area contributed by atoms with Crippen LogP contribution in [0.25, 0.3) is 0 Å². The molecule has 0 radical (unpaired) electrons. The van der Waals surface area contributed by atoms with Crippen LogP contribution in [-0.2, 0) is 0 Å². The van der Waals surface area contributed by atoms with Gasteiger partial charge in [-0.05, 0) is 31.4 Å². The fraction of sp³-hybridized carbons (Fsp3) is 0.462. The molecule has 0 fully saturated rings. The molecule has 1 aromatic carbocycles. The monoisotopic (exact) mass is 219 g/mol. The first kappa shape index (κ1) is 12.6. The van der Waals surface area contributed by atoms with E-state index in [1.165, 1.54) is 0 Å². The van der Waals surface area contributed by atoms with E-state index in [0.29, 0.717) is 11.9 Å². The molecule has 0 saturated carbocycles. The molecule has 88 valence electrons. The first-order chi connectivity index (χ1) is 7.58. The van der Waals surface area contributed by atoms with Crippen molar-refractivity contribution in [3.05, 3.63) is 30.3 Å². The smallest absolute Gasteiger partial charge is 0.193 e. The van der Waals surface area contributed by atoms with E-state index >= 15 is 0 Å². The standard InChI is InChI=1S/C13H21N3/c1-10(2)9-11(3)15-13(14)16-12-7-5-4-6-8-12/h4-8,10-11H,9H2,1-3H3,(H3,14,15,16).